The molecule has 304 valence electrons. The standard InChI is InChI=1S/C46H90O4S/c1-3-5-7-9-11-13-15-17-19-21-23-25-27-29-31-33-35-37-39-41-43-45-49-51(47,48)50-46-44-42-40-38-36-34-32-30-28-26-24-22-20-18-16-14-12-10-8-6-4-2/h43-46H,3-42H2,1-2H3/b45-43+,46-44+. The van der Waals surface area contributed by atoms with Gasteiger partial charge in [0.15, 0.2) is 0 Å². The van der Waals surface area contributed by atoms with Crippen LogP contribution >= 0.6 is 0 Å². The average molecular weight is 739 g/mol. The van der Waals surface area contributed by atoms with Gasteiger partial charge < -0.3 is 8.37 Å². The predicted molar refractivity (Wildman–Crippen MR) is 225 cm³/mol. The second-order valence-corrected chi connectivity index (χ2v) is 16.9. The topological polar surface area (TPSA) is 52.6 Å². The summed E-state index contributed by atoms with van der Waals surface area (Å²) < 4.78 is 33.5. The summed E-state index contributed by atoms with van der Waals surface area (Å²) >= 11 is 0. The Morgan fingerprint density at radius 3 is 0.667 bits per heavy atom. The third-order valence-corrected chi connectivity index (χ3v) is 11.2. The molecule has 0 aliphatic carbocycles. The molecule has 0 aromatic rings. The van der Waals surface area contributed by atoms with Gasteiger partial charge >= 0.3 is 10.4 Å². The lowest BCUT2D eigenvalue weighted by Gasteiger charge is -2.04. The van der Waals surface area contributed by atoms with Gasteiger partial charge in [-0.1, -0.05) is 245 Å². The van der Waals surface area contributed by atoms with Crippen molar-refractivity contribution in [2.75, 3.05) is 0 Å². The van der Waals surface area contributed by atoms with Gasteiger partial charge in [-0.05, 0) is 37.8 Å². The number of rotatable bonds is 44. The first-order valence-electron chi connectivity index (χ1n) is 23.0. The summed E-state index contributed by atoms with van der Waals surface area (Å²) in [4.78, 5) is 0. The largest absolute Gasteiger partial charge is 0.499 e. The lowest BCUT2D eigenvalue weighted by atomic mass is 10.0. The predicted octanol–water partition coefficient (Wildman–Crippen LogP) is 16.9. The fourth-order valence-corrected chi connectivity index (χ4v) is 7.53. The van der Waals surface area contributed by atoms with E-state index in [1.165, 1.54) is 244 Å². The number of allylic oxidation sites excluding steroid dienone is 2. The van der Waals surface area contributed by atoms with Gasteiger partial charge in [0.05, 0.1) is 0 Å². The highest BCUT2D eigenvalue weighted by Crippen LogP contribution is 2.17. The maximum Gasteiger partial charge on any atom is 0.499 e. The van der Waals surface area contributed by atoms with E-state index in [4.69, 9.17) is 8.37 Å². The van der Waals surface area contributed by atoms with Gasteiger partial charge in [-0.2, -0.15) is 0 Å². The zero-order chi connectivity index (χ0) is 37.0. The number of unbranched alkanes of at least 4 members (excludes halogenated alkanes) is 38. The zero-order valence-electron chi connectivity index (χ0n) is 34.6. The molecule has 0 aliphatic rings. The normalized spacial score (nSPS) is 12.1. The Labute approximate surface area is 321 Å². The molecule has 0 radical (unpaired) electrons. The lowest BCUT2D eigenvalue weighted by Crippen LogP contribution is -2.02. The van der Waals surface area contributed by atoms with E-state index in [2.05, 4.69) is 13.8 Å². The van der Waals surface area contributed by atoms with Crippen LogP contribution in [-0.4, -0.2) is 8.42 Å². The van der Waals surface area contributed by atoms with Crippen molar-refractivity contribution in [2.24, 2.45) is 0 Å². The van der Waals surface area contributed by atoms with Crippen LogP contribution in [0.5, 0.6) is 0 Å². The van der Waals surface area contributed by atoms with E-state index in [-0.39, 0.29) is 0 Å². The van der Waals surface area contributed by atoms with Crippen LogP contribution < -0.4 is 0 Å². The molecule has 0 unspecified atom stereocenters. The maximum atomic E-state index is 11.9. The minimum atomic E-state index is -4.01. The van der Waals surface area contributed by atoms with Crippen LogP contribution in [0, 0.1) is 0 Å². The van der Waals surface area contributed by atoms with E-state index >= 15 is 0 Å². The Morgan fingerprint density at radius 2 is 0.471 bits per heavy atom. The van der Waals surface area contributed by atoms with Gasteiger partial charge in [0.25, 0.3) is 0 Å². The SMILES string of the molecule is CCCCCCCCCCCCCCCCCCCCC/C=C/OS(=O)(=O)O/C=C/CCCCCCCCCCCCCCCCCCCCC. The van der Waals surface area contributed by atoms with E-state index in [9.17, 15) is 8.42 Å². The minimum Gasteiger partial charge on any atom is -0.361 e. The zero-order valence-corrected chi connectivity index (χ0v) is 35.5. The van der Waals surface area contributed by atoms with Crippen LogP contribution in [0.1, 0.15) is 271 Å². The van der Waals surface area contributed by atoms with Crippen molar-refractivity contribution < 1.29 is 16.8 Å². The molecule has 0 bridgehead atoms. The van der Waals surface area contributed by atoms with E-state index in [0.29, 0.717) is 0 Å². The molecule has 51 heavy (non-hydrogen) atoms. The molecule has 0 saturated heterocycles. The Kier molecular flexibility index (Phi) is 42.6. The third kappa shape index (κ3) is 45.1. The van der Waals surface area contributed by atoms with Gasteiger partial charge in [-0.15, -0.1) is 8.42 Å². The first kappa shape index (κ1) is 50.0. The molecule has 0 saturated carbocycles. The molecule has 0 spiro atoms. The molecule has 0 aromatic carbocycles. The van der Waals surface area contributed by atoms with Crippen LogP contribution in [0.25, 0.3) is 0 Å². The average Bonchev–Trinajstić information content (AvgIpc) is 3.12. The van der Waals surface area contributed by atoms with Crippen molar-refractivity contribution in [3.05, 3.63) is 24.7 Å². The van der Waals surface area contributed by atoms with Crippen LogP contribution in [0.4, 0.5) is 0 Å². The van der Waals surface area contributed by atoms with Crippen molar-refractivity contribution in [1.82, 2.24) is 0 Å². The molecular weight excluding hydrogens is 649 g/mol. The van der Waals surface area contributed by atoms with Crippen molar-refractivity contribution in [3.8, 4) is 0 Å². The quantitative estimate of drug-likeness (QED) is 0.0461. The highest BCUT2D eigenvalue weighted by molar-refractivity contribution is 7.82. The van der Waals surface area contributed by atoms with Crippen LogP contribution in [-0.2, 0) is 18.8 Å². The lowest BCUT2D eigenvalue weighted by molar-refractivity contribution is 0.334. The minimum absolute atomic E-state index is 0.837. The molecule has 0 atom stereocenters. The molecule has 0 N–H and O–H groups in total. The van der Waals surface area contributed by atoms with Gasteiger partial charge in [0, 0.05) is 0 Å². The third-order valence-electron chi connectivity index (χ3n) is 10.5. The molecule has 0 aromatic heterocycles. The van der Waals surface area contributed by atoms with Crippen molar-refractivity contribution in [1.29, 1.82) is 0 Å². The van der Waals surface area contributed by atoms with Crippen LogP contribution in [0.15, 0.2) is 24.7 Å². The summed E-state index contributed by atoms with van der Waals surface area (Å²) in [6.45, 7) is 4.58. The summed E-state index contributed by atoms with van der Waals surface area (Å²) in [6.07, 6.45) is 59.9. The molecule has 4 nitrogen and oxygen atoms in total. The van der Waals surface area contributed by atoms with Gasteiger partial charge in [0.1, 0.15) is 12.5 Å². The van der Waals surface area contributed by atoms with E-state index in [1.807, 2.05) is 0 Å². The number of hydrogen-bond acceptors (Lipinski definition) is 4. The van der Waals surface area contributed by atoms with Crippen molar-refractivity contribution >= 4 is 10.4 Å². The van der Waals surface area contributed by atoms with Gasteiger partial charge in [-0.3, -0.25) is 0 Å². The molecule has 0 rings (SSSR count). The highest BCUT2D eigenvalue weighted by atomic mass is 32.3. The summed E-state index contributed by atoms with van der Waals surface area (Å²) in [5.74, 6) is 0. The highest BCUT2D eigenvalue weighted by Gasteiger charge is 2.07. The fraction of sp³-hybridized carbons (Fsp3) is 0.913. The smallest absolute Gasteiger partial charge is 0.361 e. The van der Waals surface area contributed by atoms with Crippen molar-refractivity contribution in [2.45, 2.75) is 271 Å². The van der Waals surface area contributed by atoms with E-state index in [0.717, 1.165) is 25.7 Å². The number of hydrogen-bond donors (Lipinski definition) is 0. The molecule has 0 aliphatic heterocycles. The molecular formula is C46H90O4S. The monoisotopic (exact) mass is 739 g/mol. The Balaban J connectivity index is 3.36. The second-order valence-electron chi connectivity index (χ2n) is 15.6. The van der Waals surface area contributed by atoms with E-state index in [1.54, 1.807) is 12.2 Å². The van der Waals surface area contributed by atoms with E-state index < -0.39 is 10.4 Å². The Morgan fingerprint density at radius 1 is 0.294 bits per heavy atom. The Hall–Kier alpha value is -0.970. The van der Waals surface area contributed by atoms with Crippen LogP contribution in [0.2, 0.25) is 0 Å². The first-order valence-corrected chi connectivity index (χ1v) is 24.4. The van der Waals surface area contributed by atoms with Gasteiger partial charge in [0.2, 0.25) is 0 Å². The summed E-state index contributed by atoms with van der Waals surface area (Å²) in [6, 6.07) is 0. The first-order chi connectivity index (χ1) is 25.1. The van der Waals surface area contributed by atoms with Crippen LogP contribution in [0.3, 0.4) is 0 Å². The summed E-state index contributed by atoms with van der Waals surface area (Å²) in [5.41, 5.74) is 0. The summed E-state index contributed by atoms with van der Waals surface area (Å²) in [5, 5.41) is 0. The summed E-state index contributed by atoms with van der Waals surface area (Å²) in [7, 11) is -4.01. The fourth-order valence-electron chi connectivity index (χ4n) is 7.05. The molecule has 0 fully saturated rings. The molecule has 0 heterocycles. The second kappa shape index (κ2) is 43.4. The maximum absolute atomic E-state index is 11.9. The van der Waals surface area contributed by atoms with Crippen molar-refractivity contribution in [3.63, 3.8) is 0 Å². The molecule has 5 heteroatoms. The Bertz CT molecular complexity index is 746. The molecule has 0 amide bonds. The van der Waals surface area contributed by atoms with Gasteiger partial charge in [-0.25, -0.2) is 0 Å².